The van der Waals surface area contributed by atoms with Gasteiger partial charge in [-0.3, -0.25) is 15.0 Å². The van der Waals surface area contributed by atoms with E-state index in [1.165, 1.54) is 7.11 Å². The second-order valence-corrected chi connectivity index (χ2v) is 7.38. The summed E-state index contributed by atoms with van der Waals surface area (Å²) in [5.74, 6) is -0.590. The van der Waals surface area contributed by atoms with Crippen LogP contribution in [-0.2, 0) is 25.6 Å². The third-order valence-corrected chi connectivity index (χ3v) is 3.77. The average molecular weight is 414 g/mol. The molecule has 2 aromatic rings. The highest BCUT2D eigenvalue weighted by atomic mass is 16.6. The van der Waals surface area contributed by atoms with E-state index in [4.69, 9.17) is 9.47 Å². The van der Waals surface area contributed by atoms with Gasteiger partial charge < -0.3 is 14.2 Å². The van der Waals surface area contributed by atoms with Gasteiger partial charge >= 0.3 is 18.2 Å². The number of benzene rings is 2. The average Bonchev–Trinajstić information content (AvgIpc) is 2.70. The number of carbonyl (C=O) groups is 3. The molecule has 0 saturated carbocycles. The number of carbonyl (C=O) groups excluding carboxylic acids is 3. The molecule has 8 nitrogen and oxygen atoms in total. The van der Waals surface area contributed by atoms with Crippen LogP contribution in [0.4, 0.5) is 21.0 Å². The predicted molar refractivity (Wildman–Crippen MR) is 112 cm³/mol. The van der Waals surface area contributed by atoms with Crippen LogP contribution in [-0.4, -0.2) is 37.4 Å². The number of nitrogens with one attached hydrogen (secondary N) is 1. The maximum Gasteiger partial charge on any atom is 0.415 e. The fourth-order valence-electron chi connectivity index (χ4n) is 2.37. The summed E-state index contributed by atoms with van der Waals surface area (Å²) in [6.45, 7) is 5.04. The SMILES string of the molecule is COC(=O)CN(C(=O)OC(C)(C)C)c1ccc(NC(=O)OCc2ccccc2)cc1. The van der Waals surface area contributed by atoms with Gasteiger partial charge in [0.2, 0.25) is 0 Å². The summed E-state index contributed by atoms with van der Waals surface area (Å²) in [4.78, 5) is 37.4. The Balaban J connectivity index is 2.03. The summed E-state index contributed by atoms with van der Waals surface area (Å²) in [5.41, 5.74) is 1.03. The highest BCUT2D eigenvalue weighted by Gasteiger charge is 2.25. The number of anilines is 2. The van der Waals surface area contributed by atoms with Crippen LogP contribution in [0.5, 0.6) is 0 Å². The Kier molecular flexibility index (Phi) is 7.80. The molecule has 0 unspecified atom stereocenters. The van der Waals surface area contributed by atoms with Crippen molar-refractivity contribution in [3.8, 4) is 0 Å². The topological polar surface area (TPSA) is 94.2 Å². The Morgan fingerprint density at radius 2 is 1.60 bits per heavy atom. The first-order chi connectivity index (χ1) is 14.2. The Labute approximate surface area is 175 Å². The van der Waals surface area contributed by atoms with E-state index in [0.29, 0.717) is 11.4 Å². The van der Waals surface area contributed by atoms with Crippen molar-refractivity contribution in [2.45, 2.75) is 33.0 Å². The minimum atomic E-state index is -0.727. The molecule has 0 heterocycles. The van der Waals surface area contributed by atoms with Gasteiger partial charge in [-0.2, -0.15) is 0 Å². The van der Waals surface area contributed by atoms with Gasteiger partial charge in [0.25, 0.3) is 0 Å². The number of amides is 2. The van der Waals surface area contributed by atoms with Crippen LogP contribution >= 0.6 is 0 Å². The Morgan fingerprint density at radius 3 is 2.17 bits per heavy atom. The summed E-state index contributed by atoms with van der Waals surface area (Å²) in [6.07, 6.45) is -1.29. The van der Waals surface area contributed by atoms with Gasteiger partial charge in [-0.25, -0.2) is 9.59 Å². The van der Waals surface area contributed by atoms with Crippen LogP contribution in [0.15, 0.2) is 54.6 Å². The fourth-order valence-corrected chi connectivity index (χ4v) is 2.37. The molecule has 0 bridgehead atoms. The van der Waals surface area contributed by atoms with Gasteiger partial charge in [0.05, 0.1) is 7.11 Å². The lowest BCUT2D eigenvalue weighted by Gasteiger charge is -2.26. The lowest BCUT2D eigenvalue weighted by molar-refractivity contribution is -0.139. The molecule has 2 aromatic carbocycles. The van der Waals surface area contributed by atoms with Gasteiger partial charge in [-0.05, 0) is 50.6 Å². The van der Waals surface area contributed by atoms with Crippen molar-refractivity contribution in [2.24, 2.45) is 0 Å². The quantitative estimate of drug-likeness (QED) is 0.558. The number of esters is 1. The van der Waals surface area contributed by atoms with E-state index in [2.05, 4.69) is 10.1 Å². The molecule has 2 rings (SSSR count). The second-order valence-electron chi connectivity index (χ2n) is 7.38. The normalized spacial score (nSPS) is 10.7. The van der Waals surface area contributed by atoms with E-state index < -0.39 is 23.8 Å². The highest BCUT2D eigenvalue weighted by molar-refractivity contribution is 5.94. The number of hydrogen-bond acceptors (Lipinski definition) is 6. The molecule has 0 radical (unpaired) electrons. The highest BCUT2D eigenvalue weighted by Crippen LogP contribution is 2.21. The Bertz CT molecular complexity index is 859. The lowest BCUT2D eigenvalue weighted by atomic mass is 10.2. The molecule has 0 fully saturated rings. The molecule has 0 spiro atoms. The summed E-state index contributed by atoms with van der Waals surface area (Å²) < 4.78 is 15.2. The number of rotatable bonds is 6. The molecular formula is C22H26N2O6. The summed E-state index contributed by atoms with van der Waals surface area (Å²) in [7, 11) is 1.24. The summed E-state index contributed by atoms with van der Waals surface area (Å²) in [6, 6.07) is 15.7. The molecule has 1 N–H and O–H groups in total. The standard InChI is InChI=1S/C22H26N2O6/c1-22(2,3)30-21(27)24(14-19(25)28-4)18-12-10-17(11-13-18)23-20(26)29-15-16-8-6-5-7-9-16/h5-13H,14-15H2,1-4H3,(H,23,26). The van der Waals surface area contributed by atoms with Crippen molar-refractivity contribution in [2.75, 3.05) is 23.9 Å². The third kappa shape index (κ3) is 7.46. The minimum Gasteiger partial charge on any atom is -0.468 e. The predicted octanol–water partition coefficient (Wildman–Crippen LogP) is 4.35. The zero-order valence-electron chi connectivity index (χ0n) is 17.5. The van der Waals surface area contributed by atoms with E-state index in [1.54, 1.807) is 45.0 Å². The van der Waals surface area contributed by atoms with Gasteiger partial charge in [0.15, 0.2) is 0 Å². The molecule has 8 heteroatoms. The second kappa shape index (κ2) is 10.3. The van der Waals surface area contributed by atoms with E-state index in [-0.39, 0.29) is 13.2 Å². The first kappa shape index (κ1) is 22.7. The molecule has 2 amide bonds. The summed E-state index contributed by atoms with van der Waals surface area (Å²) >= 11 is 0. The number of methoxy groups -OCH3 is 1. The molecule has 30 heavy (non-hydrogen) atoms. The van der Waals surface area contributed by atoms with Crippen molar-refractivity contribution in [1.82, 2.24) is 0 Å². The minimum absolute atomic E-state index is 0.149. The maximum atomic E-state index is 12.5. The van der Waals surface area contributed by atoms with Gasteiger partial charge in [-0.1, -0.05) is 30.3 Å². The van der Waals surface area contributed by atoms with E-state index >= 15 is 0 Å². The number of hydrogen-bond donors (Lipinski definition) is 1. The van der Waals surface area contributed by atoms with E-state index in [0.717, 1.165) is 10.5 Å². The van der Waals surface area contributed by atoms with Crippen molar-refractivity contribution in [1.29, 1.82) is 0 Å². The molecule has 0 saturated heterocycles. The molecule has 160 valence electrons. The third-order valence-electron chi connectivity index (χ3n) is 3.77. The first-order valence-electron chi connectivity index (χ1n) is 9.33. The van der Waals surface area contributed by atoms with Crippen LogP contribution in [0.25, 0.3) is 0 Å². The van der Waals surface area contributed by atoms with Crippen molar-refractivity contribution < 1.29 is 28.6 Å². The van der Waals surface area contributed by atoms with Crippen LogP contribution in [0.3, 0.4) is 0 Å². The smallest absolute Gasteiger partial charge is 0.415 e. The van der Waals surface area contributed by atoms with Crippen LogP contribution < -0.4 is 10.2 Å². The maximum absolute atomic E-state index is 12.5. The first-order valence-corrected chi connectivity index (χ1v) is 9.33. The monoisotopic (exact) mass is 414 g/mol. The fraction of sp³-hybridized carbons (Fsp3) is 0.318. The number of nitrogens with zero attached hydrogens (tertiary/aromatic N) is 1. The molecule has 0 aliphatic carbocycles. The van der Waals surface area contributed by atoms with Crippen molar-refractivity contribution in [3.63, 3.8) is 0 Å². The lowest BCUT2D eigenvalue weighted by Crippen LogP contribution is -2.40. The zero-order chi connectivity index (χ0) is 22.1. The van der Waals surface area contributed by atoms with Crippen LogP contribution in [0.2, 0.25) is 0 Å². The largest absolute Gasteiger partial charge is 0.468 e. The molecule has 0 aliphatic rings. The Hall–Kier alpha value is -3.55. The van der Waals surface area contributed by atoms with E-state index in [1.807, 2.05) is 30.3 Å². The molecule has 0 atom stereocenters. The molecule has 0 aliphatic heterocycles. The summed E-state index contributed by atoms with van der Waals surface area (Å²) in [5, 5.41) is 2.61. The van der Waals surface area contributed by atoms with Crippen LogP contribution in [0.1, 0.15) is 26.3 Å². The van der Waals surface area contributed by atoms with Gasteiger partial charge in [0.1, 0.15) is 18.8 Å². The number of ether oxygens (including phenoxy) is 3. The van der Waals surface area contributed by atoms with Crippen LogP contribution in [0, 0.1) is 0 Å². The Morgan fingerprint density at radius 1 is 0.967 bits per heavy atom. The zero-order valence-corrected chi connectivity index (χ0v) is 17.5. The van der Waals surface area contributed by atoms with Gasteiger partial charge in [0, 0.05) is 11.4 Å². The van der Waals surface area contributed by atoms with Crippen molar-refractivity contribution in [3.05, 3.63) is 60.2 Å². The van der Waals surface area contributed by atoms with Crippen molar-refractivity contribution >= 4 is 29.5 Å². The molecular weight excluding hydrogens is 388 g/mol. The van der Waals surface area contributed by atoms with Gasteiger partial charge in [-0.15, -0.1) is 0 Å². The van der Waals surface area contributed by atoms with E-state index in [9.17, 15) is 14.4 Å². The molecule has 0 aromatic heterocycles.